The zero-order valence-corrected chi connectivity index (χ0v) is 12.6. The Morgan fingerprint density at radius 3 is 2.35 bits per heavy atom. The van der Waals surface area contributed by atoms with E-state index < -0.39 is 0 Å². The van der Waals surface area contributed by atoms with E-state index in [1.807, 2.05) is 14.1 Å². The molecule has 3 nitrogen and oxygen atoms in total. The van der Waals surface area contributed by atoms with E-state index >= 15 is 0 Å². The van der Waals surface area contributed by atoms with Crippen LogP contribution in [0.15, 0.2) is 6.07 Å². The third kappa shape index (κ3) is 3.88. The number of anilines is 1. The SMILES string of the molecule is CN(C)C(C)(C)CNc1nc(Cl)c(Cl)cc1Cl. The minimum atomic E-state index is -0.0167. The molecule has 0 aromatic carbocycles. The number of aromatic nitrogens is 1. The van der Waals surface area contributed by atoms with E-state index in [9.17, 15) is 0 Å². The molecule has 1 aromatic rings. The number of nitrogens with zero attached hydrogens (tertiary/aromatic N) is 2. The first-order chi connectivity index (χ1) is 7.74. The summed E-state index contributed by atoms with van der Waals surface area (Å²) in [6.07, 6.45) is 0. The van der Waals surface area contributed by atoms with Gasteiger partial charge in [-0.1, -0.05) is 34.8 Å². The molecule has 1 rings (SSSR count). The summed E-state index contributed by atoms with van der Waals surface area (Å²) in [7, 11) is 4.04. The van der Waals surface area contributed by atoms with Crippen molar-refractivity contribution in [2.45, 2.75) is 19.4 Å². The van der Waals surface area contributed by atoms with Gasteiger partial charge in [-0.05, 0) is 34.0 Å². The van der Waals surface area contributed by atoms with Crippen LogP contribution in [0.5, 0.6) is 0 Å². The van der Waals surface area contributed by atoms with Crippen molar-refractivity contribution in [3.8, 4) is 0 Å². The molecular weight excluding hydrogens is 281 g/mol. The number of likely N-dealkylation sites (N-methyl/N-ethyl adjacent to an activating group) is 1. The molecule has 96 valence electrons. The average molecular weight is 297 g/mol. The van der Waals surface area contributed by atoms with Crippen LogP contribution in [0.4, 0.5) is 5.82 Å². The largest absolute Gasteiger partial charge is 0.367 e. The van der Waals surface area contributed by atoms with Crippen LogP contribution in [0.1, 0.15) is 13.8 Å². The molecule has 6 heteroatoms. The lowest BCUT2D eigenvalue weighted by molar-refractivity contribution is 0.210. The molecule has 0 saturated heterocycles. The third-order valence-corrected chi connectivity index (χ3v) is 3.75. The van der Waals surface area contributed by atoms with Gasteiger partial charge >= 0.3 is 0 Å². The molecule has 0 unspecified atom stereocenters. The topological polar surface area (TPSA) is 28.2 Å². The fourth-order valence-electron chi connectivity index (χ4n) is 1.03. The zero-order chi connectivity index (χ0) is 13.2. The van der Waals surface area contributed by atoms with Crippen LogP contribution < -0.4 is 5.32 Å². The van der Waals surface area contributed by atoms with E-state index in [1.165, 1.54) is 0 Å². The van der Waals surface area contributed by atoms with Gasteiger partial charge in [0, 0.05) is 12.1 Å². The first-order valence-electron chi connectivity index (χ1n) is 5.17. The third-order valence-electron chi connectivity index (χ3n) is 2.79. The van der Waals surface area contributed by atoms with Gasteiger partial charge in [-0.15, -0.1) is 0 Å². The molecule has 0 fully saturated rings. The van der Waals surface area contributed by atoms with Gasteiger partial charge in [0.25, 0.3) is 0 Å². The summed E-state index contributed by atoms with van der Waals surface area (Å²) in [6.45, 7) is 4.93. The lowest BCUT2D eigenvalue weighted by Gasteiger charge is -2.32. The number of hydrogen-bond acceptors (Lipinski definition) is 3. The van der Waals surface area contributed by atoms with Gasteiger partial charge in [0.1, 0.15) is 11.0 Å². The van der Waals surface area contributed by atoms with Gasteiger partial charge in [-0.25, -0.2) is 4.98 Å². The maximum Gasteiger partial charge on any atom is 0.150 e. The summed E-state index contributed by atoms with van der Waals surface area (Å²) in [6, 6.07) is 1.59. The Bertz CT molecular complexity index is 405. The van der Waals surface area contributed by atoms with Gasteiger partial charge in [0.2, 0.25) is 0 Å². The summed E-state index contributed by atoms with van der Waals surface area (Å²) in [5, 5.41) is 4.25. The summed E-state index contributed by atoms with van der Waals surface area (Å²) in [5.74, 6) is 0.552. The van der Waals surface area contributed by atoms with Crippen LogP contribution in [-0.2, 0) is 0 Å². The molecule has 17 heavy (non-hydrogen) atoms. The molecule has 1 heterocycles. The van der Waals surface area contributed by atoms with E-state index in [0.717, 1.165) is 0 Å². The average Bonchev–Trinajstić information content (AvgIpc) is 2.21. The van der Waals surface area contributed by atoms with Crippen molar-refractivity contribution in [2.24, 2.45) is 0 Å². The second-order valence-corrected chi connectivity index (χ2v) is 5.82. The molecule has 0 aliphatic carbocycles. The first kappa shape index (κ1) is 14.8. The van der Waals surface area contributed by atoms with E-state index in [4.69, 9.17) is 34.8 Å². The molecule has 0 spiro atoms. The number of nitrogens with one attached hydrogen (secondary N) is 1. The van der Waals surface area contributed by atoms with Crippen molar-refractivity contribution in [3.05, 3.63) is 21.3 Å². The van der Waals surface area contributed by atoms with Crippen molar-refractivity contribution >= 4 is 40.6 Å². The Kier molecular flexibility index (Phi) is 4.90. The Morgan fingerprint density at radius 2 is 1.82 bits per heavy atom. The molecule has 0 saturated carbocycles. The monoisotopic (exact) mass is 295 g/mol. The molecule has 0 aliphatic heterocycles. The normalized spacial score (nSPS) is 12.0. The highest BCUT2D eigenvalue weighted by Crippen LogP contribution is 2.29. The van der Waals surface area contributed by atoms with Crippen molar-refractivity contribution < 1.29 is 0 Å². The molecule has 0 atom stereocenters. The van der Waals surface area contributed by atoms with Crippen LogP contribution in [-0.4, -0.2) is 36.1 Å². The fraction of sp³-hybridized carbons (Fsp3) is 0.545. The van der Waals surface area contributed by atoms with E-state index in [-0.39, 0.29) is 10.7 Å². The van der Waals surface area contributed by atoms with Gasteiger partial charge in [0.15, 0.2) is 0 Å². The Labute approximate surface area is 117 Å². The predicted molar refractivity (Wildman–Crippen MR) is 75.5 cm³/mol. The van der Waals surface area contributed by atoms with Crippen LogP contribution in [0.2, 0.25) is 15.2 Å². The number of hydrogen-bond donors (Lipinski definition) is 1. The second-order valence-electron chi connectivity index (χ2n) is 4.65. The lowest BCUT2D eigenvalue weighted by Crippen LogP contribution is -2.44. The number of rotatable bonds is 4. The lowest BCUT2D eigenvalue weighted by atomic mass is 10.0. The second kappa shape index (κ2) is 5.61. The summed E-state index contributed by atoms with van der Waals surface area (Å²) >= 11 is 17.7. The summed E-state index contributed by atoms with van der Waals surface area (Å²) in [5.41, 5.74) is -0.0167. The molecule has 0 bridgehead atoms. The molecule has 1 aromatic heterocycles. The van der Waals surface area contributed by atoms with Crippen LogP contribution >= 0.6 is 34.8 Å². The highest BCUT2D eigenvalue weighted by Gasteiger charge is 2.20. The zero-order valence-electron chi connectivity index (χ0n) is 10.3. The standard InChI is InChI=1S/C11H16Cl3N3/c1-11(2,17(3)4)6-15-10-8(13)5-7(12)9(14)16-10/h5H,6H2,1-4H3,(H,15,16). The molecule has 1 N–H and O–H groups in total. The van der Waals surface area contributed by atoms with E-state index in [1.54, 1.807) is 6.07 Å². The Morgan fingerprint density at radius 1 is 1.24 bits per heavy atom. The smallest absolute Gasteiger partial charge is 0.150 e. The number of pyridine rings is 1. The predicted octanol–water partition coefficient (Wildman–Crippen LogP) is 3.79. The highest BCUT2D eigenvalue weighted by molar-refractivity contribution is 6.42. The van der Waals surface area contributed by atoms with Crippen molar-refractivity contribution in [3.63, 3.8) is 0 Å². The van der Waals surface area contributed by atoms with E-state index in [2.05, 4.69) is 29.0 Å². The van der Waals surface area contributed by atoms with Gasteiger partial charge in [0.05, 0.1) is 10.0 Å². The molecular formula is C11H16Cl3N3. The molecule has 0 aliphatic rings. The molecule has 0 amide bonds. The van der Waals surface area contributed by atoms with Crippen molar-refractivity contribution in [2.75, 3.05) is 26.0 Å². The van der Waals surface area contributed by atoms with Crippen LogP contribution in [0.25, 0.3) is 0 Å². The summed E-state index contributed by atoms with van der Waals surface area (Å²) in [4.78, 5) is 6.22. The fourth-order valence-corrected chi connectivity index (χ4v) is 1.59. The van der Waals surface area contributed by atoms with Crippen molar-refractivity contribution in [1.82, 2.24) is 9.88 Å². The highest BCUT2D eigenvalue weighted by atomic mass is 35.5. The van der Waals surface area contributed by atoms with Gasteiger partial charge < -0.3 is 10.2 Å². The van der Waals surface area contributed by atoms with Crippen LogP contribution in [0.3, 0.4) is 0 Å². The Balaban J connectivity index is 2.80. The number of halogens is 3. The Hall–Kier alpha value is -0.220. The first-order valence-corrected chi connectivity index (χ1v) is 6.30. The maximum atomic E-state index is 6.03. The van der Waals surface area contributed by atoms with Crippen molar-refractivity contribution in [1.29, 1.82) is 0 Å². The minimum Gasteiger partial charge on any atom is -0.367 e. The minimum absolute atomic E-state index is 0.0167. The van der Waals surface area contributed by atoms with Gasteiger partial charge in [-0.2, -0.15) is 0 Å². The quantitative estimate of drug-likeness (QED) is 0.857. The molecule has 0 radical (unpaired) electrons. The summed E-state index contributed by atoms with van der Waals surface area (Å²) < 4.78 is 0. The van der Waals surface area contributed by atoms with Crippen LogP contribution in [0, 0.1) is 0 Å². The van der Waals surface area contributed by atoms with E-state index in [0.29, 0.717) is 22.4 Å². The maximum absolute atomic E-state index is 6.03. The van der Waals surface area contributed by atoms with Gasteiger partial charge in [-0.3, -0.25) is 0 Å².